The maximum absolute atomic E-state index is 11.5. The van der Waals surface area contributed by atoms with Crippen molar-refractivity contribution >= 4 is 17.5 Å². The highest BCUT2D eigenvalue weighted by Gasteiger charge is 2.22. The Kier molecular flexibility index (Phi) is 4.61. The zero-order valence-electron chi connectivity index (χ0n) is 10.7. The van der Waals surface area contributed by atoms with Gasteiger partial charge in [0.25, 0.3) is 0 Å². The molecule has 1 N–H and O–H groups in total. The molecular weight excluding hydrogens is 248 g/mol. The van der Waals surface area contributed by atoms with E-state index < -0.39 is 0 Å². The average Bonchev–Trinajstić information content (AvgIpc) is 3.10. The lowest BCUT2D eigenvalue weighted by molar-refractivity contribution is -0.121. The molecule has 1 aliphatic rings. The zero-order chi connectivity index (χ0) is 13.0. The number of carbonyl (C=O) groups excluding carboxylic acids is 1. The standard InChI is InChI=1S/C14H19ClN2O/c1-17(8-7-14(18)16-13-5-6-13)10-11-3-2-4-12(15)9-11/h2-4,9,13H,5-8,10H2,1H3,(H,16,18). The summed E-state index contributed by atoms with van der Waals surface area (Å²) < 4.78 is 0. The summed E-state index contributed by atoms with van der Waals surface area (Å²) in [6.45, 7) is 1.59. The fourth-order valence-electron chi connectivity index (χ4n) is 1.85. The van der Waals surface area contributed by atoms with Crippen LogP contribution in [-0.4, -0.2) is 30.4 Å². The Morgan fingerprint density at radius 1 is 1.50 bits per heavy atom. The van der Waals surface area contributed by atoms with Gasteiger partial charge in [-0.3, -0.25) is 4.79 Å². The van der Waals surface area contributed by atoms with Crippen LogP contribution in [0.3, 0.4) is 0 Å². The first kappa shape index (κ1) is 13.4. The van der Waals surface area contributed by atoms with Crippen LogP contribution in [0.25, 0.3) is 0 Å². The molecule has 0 heterocycles. The molecule has 0 saturated heterocycles. The van der Waals surface area contributed by atoms with Crippen molar-refractivity contribution in [2.75, 3.05) is 13.6 Å². The molecule has 0 unspecified atom stereocenters. The highest BCUT2D eigenvalue weighted by atomic mass is 35.5. The summed E-state index contributed by atoms with van der Waals surface area (Å²) in [5.41, 5.74) is 1.17. The van der Waals surface area contributed by atoms with Gasteiger partial charge in [0.2, 0.25) is 5.91 Å². The van der Waals surface area contributed by atoms with Gasteiger partial charge >= 0.3 is 0 Å². The maximum atomic E-state index is 11.5. The summed E-state index contributed by atoms with van der Waals surface area (Å²) >= 11 is 5.94. The first-order valence-corrected chi connectivity index (χ1v) is 6.73. The molecule has 0 aromatic heterocycles. The van der Waals surface area contributed by atoms with Gasteiger partial charge in [-0.25, -0.2) is 0 Å². The zero-order valence-corrected chi connectivity index (χ0v) is 11.4. The molecule has 1 aliphatic carbocycles. The summed E-state index contributed by atoms with van der Waals surface area (Å²) in [6, 6.07) is 8.28. The number of carbonyl (C=O) groups is 1. The Bertz CT molecular complexity index is 418. The van der Waals surface area contributed by atoms with Crippen molar-refractivity contribution in [3.8, 4) is 0 Å². The third-order valence-electron chi connectivity index (χ3n) is 3.00. The van der Waals surface area contributed by atoms with Gasteiger partial charge in [-0.05, 0) is 37.6 Å². The Morgan fingerprint density at radius 2 is 2.28 bits per heavy atom. The SMILES string of the molecule is CN(CCC(=O)NC1CC1)Cc1cccc(Cl)c1. The number of nitrogens with zero attached hydrogens (tertiary/aromatic N) is 1. The lowest BCUT2D eigenvalue weighted by Crippen LogP contribution is -2.29. The summed E-state index contributed by atoms with van der Waals surface area (Å²) in [4.78, 5) is 13.7. The largest absolute Gasteiger partial charge is 0.353 e. The Morgan fingerprint density at radius 3 is 2.94 bits per heavy atom. The van der Waals surface area contributed by atoms with Crippen LogP contribution < -0.4 is 5.32 Å². The average molecular weight is 267 g/mol. The van der Waals surface area contributed by atoms with Crippen LogP contribution in [0.15, 0.2) is 24.3 Å². The molecule has 1 fully saturated rings. The van der Waals surface area contributed by atoms with Crippen molar-refractivity contribution in [3.05, 3.63) is 34.9 Å². The van der Waals surface area contributed by atoms with Crippen LogP contribution in [0.1, 0.15) is 24.8 Å². The minimum absolute atomic E-state index is 0.162. The second kappa shape index (κ2) is 6.21. The van der Waals surface area contributed by atoms with Crippen LogP contribution >= 0.6 is 11.6 Å². The van der Waals surface area contributed by atoms with E-state index in [-0.39, 0.29) is 5.91 Å². The number of halogens is 1. The van der Waals surface area contributed by atoms with Gasteiger partial charge in [0.05, 0.1) is 0 Å². The van der Waals surface area contributed by atoms with E-state index in [0.29, 0.717) is 12.5 Å². The first-order valence-electron chi connectivity index (χ1n) is 6.36. The molecule has 4 heteroatoms. The summed E-state index contributed by atoms with van der Waals surface area (Å²) in [5.74, 6) is 0.162. The van der Waals surface area contributed by atoms with E-state index in [1.165, 1.54) is 5.56 Å². The minimum atomic E-state index is 0.162. The van der Waals surface area contributed by atoms with Crippen molar-refractivity contribution in [2.45, 2.75) is 31.8 Å². The Labute approximate surface area is 113 Å². The van der Waals surface area contributed by atoms with Gasteiger partial charge in [0.1, 0.15) is 0 Å². The number of nitrogens with one attached hydrogen (secondary N) is 1. The van der Waals surface area contributed by atoms with Gasteiger partial charge in [-0.1, -0.05) is 23.7 Å². The highest BCUT2D eigenvalue weighted by Crippen LogP contribution is 2.18. The Hall–Kier alpha value is -1.06. The van der Waals surface area contributed by atoms with E-state index in [0.717, 1.165) is 31.0 Å². The van der Waals surface area contributed by atoms with Crippen LogP contribution in [0.5, 0.6) is 0 Å². The fourth-order valence-corrected chi connectivity index (χ4v) is 2.06. The number of benzene rings is 1. The first-order chi connectivity index (χ1) is 8.63. The van der Waals surface area contributed by atoms with Gasteiger partial charge < -0.3 is 10.2 Å². The van der Waals surface area contributed by atoms with Crippen molar-refractivity contribution in [1.82, 2.24) is 10.2 Å². The van der Waals surface area contributed by atoms with Crippen molar-refractivity contribution in [3.63, 3.8) is 0 Å². The number of amides is 1. The van der Waals surface area contributed by atoms with Gasteiger partial charge in [-0.15, -0.1) is 0 Å². The fraction of sp³-hybridized carbons (Fsp3) is 0.500. The van der Waals surface area contributed by atoms with E-state index >= 15 is 0 Å². The third-order valence-corrected chi connectivity index (χ3v) is 3.24. The molecule has 1 amide bonds. The van der Waals surface area contributed by atoms with Gasteiger partial charge in [0, 0.05) is 30.6 Å². The molecule has 98 valence electrons. The highest BCUT2D eigenvalue weighted by molar-refractivity contribution is 6.30. The minimum Gasteiger partial charge on any atom is -0.353 e. The van der Waals surface area contributed by atoms with Gasteiger partial charge in [-0.2, -0.15) is 0 Å². The molecule has 1 aromatic carbocycles. The monoisotopic (exact) mass is 266 g/mol. The number of hydrogen-bond acceptors (Lipinski definition) is 2. The van der Waals surface area contributed by atoms with Crippen LogP contribution in [0, 0.1) is 0 Å². The summed E-state index contributed by atoms with van der Waals surface area (Å²) in [7, 11) is 2.02. The second-order valence-corrected chi connectivity index (χ2v) is 5.40. The molecule has 0 bridgehead atoms. The third kappa shape index (κ3) is 4.67. The molecule has 0 atom stereocenters. The van der Waals surface area contributed by atoms with Crippen molar-refractivity contribution in [1.29, 1.82) is 0 Å². The van der Waals surface area contributed by atoms with E-state index in [1.807, 2.05) is 31.3 Å². The molecule has 1 aromatic rings. The lowest BCUT2D eigenvalue weighted by Gasteiger charge is -2.16. The van der Waals surface area contributed by atoms with E-state index in [1.54, 1.807) is 0 Å². The molecule has 0 radical (unpaired) electrons. The predicted molar refractivity (Wildman–Crippen MR) is 73.6 cm³/mol. The van der Waals surface area contributed by atoms with E-state index in [2.05, 4.69) is 10.2 Å². The normalized spacial score (nSPS) is 14.8. The van der Waals surface area contributed by atoms with E-state index in [4.69, 9.17) is 11.6 Å². The molecule has 0 spiro atoms. The topological polar surface area (TPSA) is 32.3 Å². The molecular formula is C14H19ClN2O. The van der Waals surface area contributed by atoms with Crippen LogP contribution in [-0.2, 0) is 11.3 Å². The lowest BCUT2D eigenvalue weighted by atomic mass is 10.2. The maximum Gasteiger partial charge on any atom is 0.221 e. The van der Waals surface area contributed by atoms with Gasteiger partial charge in [0.15, 0.2) is 0 Å². The number of hydrogen-bond donors (Lipinski definition) is 1. The summed E-state index contributed by atoms with van der Waals surface area (Å²) in [6.07, 6.45) is 2.85. The molecule has 18 heavy (non-hydrogen) atoms. The smallest absolute Gasteiger partial charge is 0.221 e. The number of rotatable bonds is 6. The quantitative estimate of drug-likeness (QED) is 0.858. The molecule has 1 saturated carbocycles. The van der Waals surface area contributed by atoms with Crippen LogP contribution in [0.4, 0.5) is 0 Å². The van der Waals surface area contributed by atoms with Crippen molar-refractivity contribution in [2.24, 2.45) is 0 Å². The Balaban J connectivity index is 1.70. The second-order valence-electron chi connectivity index (χ2n) is 4.96. The van der Waals surface area contributed by atoms with Crippen LogP contribution in [0.2, 0.25) is 5.02 Å². The molecule has 2 rings (SSSR count). The van der Waals surface area contributed by atoms with E-state index in [9.17, 15) is 4.79 Å². The predicted octanol–water partition coefficient (Wildman–Crippen LogP) is 2.44. The summed E-state index contributed by atoms with van der Waals surface area (Å²) in [5, 5.41) is 3.75. The molecule has 0 aliphatic heterocycles. The molecule has 3 nitrogen and oxygen atoms in total. The van der Waals surface area contributed by atoms with Crippen molar-refractivity contribution < 1.29 is 4.79 Å².